The van der Waals surface area contributed by atoms with Gasteiger partial charge in [-0.2, -0.15) is 0 Å². The maximum absolute atomic E-state index is 9.27. The summed E-state index contributed by atoms with van der Waals surface area (Å²) >= 11 is 1.64. The maximum Gasteiger partial charge on any atom is 0.138 e. The third-order valence-corrected chi connectivity index (χ3v) is 4.63. The standard InChI is InChI=1S/C13H20O2S/c1-8(11-4-5-11)7-15-13-9(2)10(3)16-12(13)6-14/h8,11,14H,4-7H2,1-3H3. The van der Waals surface area contributed by atoms with Gasteiger partial charge in [0, 0.05) is 10.4 Å². The number of hydrogen-bond acceptors (Lipinski definition) is 3. The van der Waals surface area contributed by atoms with Crippen molar-refractivity contribution in [2.45, 2.75) is 40.2 Å². The van der Waals surface area contributed by atoms with Gasteiger partial charge in [-0.25, -0.2) is 0 Å². The summed E-state index contributed by atoms with van der Waals surface area (Å²) in [5.74, 6) is 2.45. The molecule has 2 nitrogen and oxygen atoms in total. The molecule has 1 heterocycles. The molecule has 1 fully saturated rings. The molecule has 1 saturated carbocycles. The van der Waals surface area contributed by atoms with Crippen LogP contribution in [0, 0.1) is 25.7 Å². The van der Waals surface area contributed by atoms with E-state index in [1.54, 1.807) is 11.3 Å². The molecule has 16 heavy (non-hydrogen) atoms. The first kappa shape index (κ1) is 11.9. The summed E-state index contributed by atoms with van der Waals surface area (Å²) in [4.78, 5) is 2.22. The molecule has 1 aromatic heterocycles. The quantitative estimate of drug-likeness (QED) is 0.856. The minimum absolute atomic E-state index is 0.0898. The van der Waals surface area contributed by atoms with Gasteiger partial charge < -0.3 is 9.84 Å². The fourth-order valence-corrected chi connectivity index (χ4v) is 2.97. The Morgan fingerprint density at radius 3 is 2.69 bits per heavy atom. The van der Waals surface area contributed by atoms with Crippen molar-refractivity contribution in [2.24, 2.45) is 11.8 Å². The molecule has 1 aliphatic carbocycles. The molecular weight excluding hydrogens is 220 g/mol. The lowest BCUT2D eigenvalue weighted by Gasteiger charge is -2.13. The third kappa shape index (κ3) is 2.41. The summed E-state index contributed by atoms with van der Waals surface area (Å²) in [5, 5.41) is 9.27. The summed E-state index contributed by atoms with van der Waals surface area (Å²) in [5.41, 5.74) is 1.19. The van der Waals surface area contributed by atoms with E-state index in [1.165, 1.54) is 23.3 Å². The molecule has 1 N–H and O–H groups in total. The van der Waals surface area contributed by atoms with Crippen molar-refractivity contribution in [1.29, 1.82) is 0 Å². The SMILES string of the molecule is Cc1sc(CO)c(OCC(C)C2CC2)c1C. The van der Waals surface area contributed by atoms with Gasteiger partial charge in [0.15, 0.2) is 0 Å². The number of thiophene rings is 1. The third-order valence-electron chi connectivity index (χ3n) is 3.46. The van der Waals surface area contributed by atoms with Gasteiger partial charge in [0.1, 0.15) is 5.75 Å². The van der Waals surface area contributed by atoms with Crippen molar-refractivity contribution < 1.29 is 9.84 Å². The number of hydrogen-bond donors (Lipinski definition) is 1. The number of aliphatic hydroxyl groups excluding tert-OH is 1. The molecule has 0 amide bonds. The predicted octanol–water partition coefficient (Wildman–Crippen LogP) is 3.28. The highest BCUT2D eigenvalue weighted by molar-refractivity contribution is 7.12. The molecule has 0 bridgehead atoms. The van der Waals surface area contributed by atoms with Crippen LogP contribution in [0.15, 0.2) is 0 Å². The average Bonchev–Trinajstić information content (AvgIpc) is 3.06. The van der Waals surface area contributed by atoms with Crippen LogP contribution in [-0.2, 0) is 6.61 Å². The van der Waals surface area contributed by atoms with E-state index in [9.17, 15) is 5.11 Å². The van der Waals surface area contributed by atoms with E-state index in [0.29, 0.717) is 5.92 Å². The van der Waals surface area contributed by atoms with Gasteiger partial charge in [-0.1, -0.05) is 6.92 Å². The first-order chi connectivity index (χ1) is 7.63. The highest BCUT2D eigenvalue weighted by Gasteiger charge is 2.28. The summed E-state index contributed by atoms with van der Waals surface area (Å²) < 4.78 is 5.89. The fourth-order valence-electron chi connectivity index (χ4n) is 1.99. The molecule has 1 unspecified atom stereocenters. The van der Waals surface area contributed by atoms with Crippen LogP contribution in [0.2, 0.25) is 0 Å². The summed E-state index contributed by atoms with van der Waals surface area (Å²) in [7, 11) is 0. The molecule has 0 radical (unpaired) electrons. The van der Waals surface area contributed by atoms with Gasteiger partial charge >= 0.3 is 0 Å². The molecule has 3 heteroatoms. The second-order valence-corrected chi connectivity index (χ2v) is 6.13. The molecular formula is C13H20O2S. The Bertz CT molecular complexity index is 366. The lowest BCUT2D eigenvalue weighted by Crippen LogP contribution is -2.11. The fraction of sp³-hybridized carbons (Fsp3) is 0.692. The van der Waals surface area contributed by atoms with Crippen molar-refractivity contribution in [3.05, 3.63) is 15.3 Å². The van der Waals surface area contributed by atoms with Gasteiger partial charge in [-0.15, -0.1) is 11.3 Å². The van der Waals surface area contributed by atoms with E-state index in [2.05, 4.69) is 20.8 Å². The van der Waals surface area contributed by atoms with Crippen LogP contribution >= 0.6 is 11.3 Å². The summed E-state index contributed by atoms with van der Waals surface area (Å²) in [6.07, 6.45) is 2.72. The Balaban J connectivity index is 2.01. The molecule has 0 spiro atoms. The van der Waals surface area contributed by atoms with Crippen molar-refractivity contribution >= 4 is 11.3 Å². The first-order valence-electron chi connectivity index (χ1n) is 5.96. The van der Waals surface area contributed by atoms with Gasteiger partial charge in [-0.3, -0.25) is 0 Å². The zero-order valence-electron chi connectivity index (χ0n) is 10.2. The minimum Gasteiger partial charge on any atom is -0.492 e. The van der Waals surface area contributed by atoms with Crippen LogP contribution < -0.4 is 4.74 Å². The molecule has 1 atom stereocenters. The van der Waals surface area contributed by atoms with Crippen molar-refractivity contribution in [3.8, 4) is 5.75 Å². The molecule has 0 saturated heterocycles. The van der Waals surface area contributed by atoms with Crippen LogP contribution in [0.5, 0.6) is 5.75 Å². The highest BCUT2D eigenvalue weighted by atomic mass is 32.1. The number of aryl methyl sites for hydroxylation is 1. The monoisotopic (exact) mass is 240 g/mol. The van der Waals surface area contributed by atoms with Crippen LogP contribution in [0.3, 0.4) is 0 Å². The number of ether oxygens (including phenoxy) is 1. The van der Waals surface area contributed by atoms with Gasteiger partial charge in [0.25, 0.3) is 0 Å². The van der Waals surface area contributed by atoms with Gasteiger partial charge in [0.2, 0.25) is 0 Å². The topological polar surface area (TPSA) is 29.5 Å². The molecule has 90 valence electrons. The Labute approximate surface area is 101 Å². The van der Waals surface area contributed by atoms with Crippen LogP contribution in [-0.4, -0.2) is 11.7 Å². The predicted molar refractivity (Wildman–Crippen MR) is 67.1 cm³/mol. The molecule has 1 aromatic rings. The number of rotatable bonds is 5. The van der Waals surface area contributed by atoms with Gasteiger partial charge in [0.05, 0.1) is 18.1 Å². The first-order valence-corrected chi connectivity index (χ1v) is 6.77. The Morgan fingerprint density at radius 2 is 2.12 bits per heavy atom. The van der Waals surface area contributed by atoms with E-state index in [4.69, 9.17) is 4.74 Å². The Hall–Kier alpha value is -0.540. The lowest BCUT2D eigenvalue weighted by molar-refractivity contribution is 0.231. The summed E-state index contributed by atoms with van der Waals surface area (Å²) in [6.45, 7) is 7.28. The van der Waals surface area contributed by atoms with E-state index in [1.807, 2.05) is 0 Å². The van der Waals surface area contributed by atoms with E-state index in [-0.39, 0.29) is 6.61 Å². The van der Waals surface area contributed by atoms with E-state index < -0.39 is 0 Å². The second-order valence-electron chi connectivity index (χ2n) is 4.82. The van der Waals surface area contributed by atoms with E-state index in [0.717, 1.165) is 23.2 Å². The zero-order valence-corrected chi connectivity index (χ0v) is 11.1. The Kier molecular flexibility index (Phi) is 3.55. The maximum atomic E-state index is 9.27. The normalized spacial score (nSPS) is 17.5. The van der Waals surface area contributed by atoms with Crippen LogP contribution in [0.4, 0.5) is 0 Å². The van der Waals surface area contributed by atoms with Crippen molar-refractivity contribution in [3.63, 3.8) is 0 Å². The Morgan fingerprint density at radius 1 is 1.44 bits per heavy atom. The molecule has 0 aliphatic heterocycles. The molecule has 0 aromatic carbocycles. The second kappa shape index (κ2) is 4.76. The minimum atomic E-state index is 0.0898. The molecule has 1 aliphatic rings. The summed E-state index contributed by atoms with van der Waals surface area (Å²) in [6, 6.07) is 0. The smallest absolute Gasteiger partial charge is 0.138 e. The van der Waals surface area contributed by atoms with Crippen LogP contribution in [0.25, 0.3) is 0 Å². The van der Waals surface area contributed by atoms with Crippen LogP contribution in [0.1, 0.15) is 35.1 Å². The van der Waals surface area contributed by atoms with Gasteiger partial charge in [-0.05, 0) is 38.5 Å². The molecule has 2 rings (SSSR count). The lowest BCUT2D eigenvalue weighted by atomic mass is 10.1. The van der Waals surface area contributed by atoms with E-state index >= 15 is 0 Å². The van der Waals surface area contributed by atoms with Crippen molar-refractivity contribution in [1.82, 2.24) is 0 Å². The highest BCUT2D eigenvalue weighted by Crippen LogP contribution is 2.38. The number of aliphatic hydroxyl groups is 1. The largest absolute Gasteiger partial charge is 0.492 e. The zero-order chi connectivity index (χ0) is 11.7. The van der Waals surface area contributed by atoms with Crippen molar-refractivity contribution in [2.75, 3.05) is 6.61 Å². The average molecular weight is 240 g/mol.